The summed E-state index contributed by atoms with van der Waals surface area (Å²) in [5.74, 6) is 0.766. The first kappa shape index (κ1) is 16.2. The number of nitrogens with zero attached hydrogens (tertiary/aromatic N) is 2. The zero-order valence-corrected chi connectivity index (χ0v) is 13.4. The fourth-order valence-corrected chi connectivity index (χ4v) is 2.26. The van der Waals surface area contributed by atoms with Crippen molar-refractivity contribution in [2.75, 3.05) is 13.6 Å². The molecule has 2 aromatic rings. The maximum Gasteiger partial charge on any atom is 0.241 e. The summed E-state index contributed by atoms with van der Waals surface area (Å²) in [5.41, 5.74) is 6.85. The van der Waals surface area contributed by atoms with Crippen molar-refractivity contribution < 1.29 is 9.32 Å². The van der Waals surface area contributed by atoms with E-state index >= 15 is 0 Å². The lowest BCUT2D eigenvalue weighted by atomic mass is 10.1. The minimum atomic E-state index is -0.832. The highest BCUT2D eigenvalue weighted by Gasteiger charge is 2.25. The summed E-state index contributed by atoms with van der Waals surface area (Å²) in [6, 6.07) is 11.9. The van der Waals surface area contributed by atoms with Crippen LogP contribution in [0.5, 0.6) is 0 Å². The largest absolute Gasteiger partial charge is 0.361 e. The molecule has 1 heterocycles. The van der Waals surface area contributed by atoms with Gasteiger partial charge in [0.15, 0.2) is 0 Å². The van der Waals surface area contributed by atoms with Crippen LogP contribution in [0.1, 0.15) is 26.0 Å². The van der Waals surface area contributed by atoms with Crippen LogP contribution in [0.2, 0.25) is 0 Å². The van der Waals surface area contributed by atoms with E-state index in [0.29, 0.717) is 6.54 Å². The average Bonchev–Trinajstić information content (AvgIpc) is 2.95. The summed E-state index contributed by atoms with van der Waals surface area (Å²) in [7, 11) is 1.77. The third-order valence-electron chi connectivity index (χ3n) is 3.44. The van der Waals surface area contributed by atoms with Gasteiger partial charge in [-0.2, -0.15) is 0 Å². The number of rotatable bonds is 6. The molecule has 0 saturated heterocycles. The zero-order chi connectivity index (χ0) is 16.2. The second kappa shape index (κ2) is 6.75. The first-order valence-corrected chi connectivity index (χ1v) is 7.43. The highest BCUT2D eigenvalue weighted by Crippen LogP contribution is 2.19. The number of benzene rings is 1. The van der Waals surface area contributed by atoms with Crippen LogP contribution in [-0.2, 0) is 11.2 Å². The highest BCUT2D eigenvalue weighted by molar-refractivity contribution is 5.84. The van der Waals surface area contributed by atoms with Gasteiger partial charge in [0, 0.05) is 31.6 Å². The second-order valence-electron chi connectivity index (χ2n) is 6.10. The van der Waals surface area contributed by atoms with Gasteiger partial charge >= 0.3 is 0 Å². The monoisotopic (exact) mass is 301 g/mol. The average molecular weight is 301 g/mol. The van der Waals surface area contributed by atoms with E-state index in [9.17, 15) is 4.79 Å². The van der Waals surface area contributed by atoms with Crippen LogP contribution < -0.4 is 5.73 Å². The summed E-state index contributed by atoms with van der Waals surface area (Å²) in [6.07, 6.45) is 1.55. The summed E-state index contributed by atoms with van der Waals surface area (Å²) in [6.45, 7) is 4.07. The Morgan fingerprint density at radius 1 is 1.32 bits per heavy atom. The minimum absolute atomic E-state index is 0.0601. The van der Waals surface area contributed by atoms with E-state index in [0.717, 1.165) is 29.9 Å². The topological polar surface area (TPSA) is 72.4 Å². The Bertz CT molecular complexity index is 614. The van der Waals surface area contributed by atoms with Gasteiger partial charge in [-0.3, -0.25) is 4.79 Å². The standard InChI is InChI=1S/C17H23N3O2/c1-17(2,18)16(21)20(3)11-7-10-14-12-15(19-22-14)13-8-5-4-6-9-13/h4-6,8-9,12H,7,10-11,18H2,1-3H3. The van der Waals surface area contributed by atoms with Gasteiger partial charge in [0.2, 0.25) is 5.91 Å². The SMILES string of the molecule is CN(CCCc1cc(-c2ccccc2)no1)C(=O)C(C)(C)N. The van der Waals surface area contributed by atoms with Crippen LogP contribution in [0.15, 0.2) is 40.9 Å². The van der Waals surface area contributed by atoms with E-state index in [1.807, 2.05) is 36.4 Å². The molecule has 0 radical (unpaired) electrons. The normalized spacial score (nSPS) is 11.5. The molecule has 0 bridgehead atoms. The van der Waals surface area contributed by atoms with Gasteiger partial charge in [0.1, 0.15) is 11.5 Å². The minimum Gasteiger partial charge on any atom is -0.361 e. The Labute approximate surface area is 131 Å². The van der Waals surface area contributed by atoms with Crippen LogP contribution in [-0.4, -0.2) is 35.1 Å². The molecule has 0 unspecified atom stereocenters. The van der Waals surface area contributed by atoms with Gasteiger partial charge in [-0.05, 0) is 20.3 Å². The number of nitrogens with two attached hydrogens (primary N) is 1. The van der Waals surface area contributed by atoms with Crippen LogP contribution in [0.3, 0.4) is 0 Å². The Morgan fingerprint density at radius 3 is 2.64 bits per heavy atom. The van der Waals surface area contributed by atoms with Crippen molar-refractivity contribution in [2.45, 2.75) is 32.2 Å². The van der Waals surface area contributed by atoms with Gasteiger partial charge in [0.05, 0.1) is 5.54 Å². The molecule has 0 aliphatic rings. The molecule has 0 aliphatic carbocycles. The lowest BCUT2D eigenvalue weighted by molar-refractivity contribution is -0.134. The number of carbonyl (C=O) groups is 1. The van der Waals surface area contributed by atoms with E-state index in [4.69, 9.17) is 10.3 Å². The highest BCUT2D eigenvalue weighted by atomic mass is 16.5. The molecule has 5 nitrogen and oxygen atoms in total. The number of hydrogen-bond donors (Lipinski definition) is 1. The predicted octanol–water partition coefficient (Wildman–Crippen LogP) is 2.47. The summed E-state index contributed by atoms with van der Waals surface area (Å²) < 4.78 is 5.35. The van der Waals surface area contributed by atoms with Gasteiger partial charge < -0.3 is 15.2 Å². The molecular formula is C17H23N3O2. The lowest BCUT2D eigenvalue weighted by Gasteiger charge is -2.25. The van der Waals surface area contributed by atoms with Gasteiger partial charge in [-0.15, -0.1) is 0 Å². The molecule has 1 aromatic carbocycles. The van der Waals surface area contributed by atoms with Crippen molar-refractivity contribution in [3.8, 4) is 11.3 Å². The first-order valence-electron chi connectivity index (χ1n) is 7.43. The van der Waals surface area contributed by atoms with E-state index < -0.39 is 5.54 Å². The molecule has 0 atom stereocenters. The smallest absolute Gasteiger partial charge is 0.241 e. The molecule has 0 spiro atoms. The summed E-state index contributed by atoms with van der Waals surface area (Å²) in [5, 5.41) is 4.08. The van der Waals surface area contributed by atoms with Crippen molar-refractivity contribution in [3.63, 3.8) is 0 Å². The third kappa shape index (κ3) is 4.18. The van der Waals surface area contributed by atoms with E-state index in [-0.39, 0.29) is 5.91 Å². The van der Waals surface area contributed by atoms with Crippen LogP contribution in [0.4, 0.5) is 0 Å². The van der Waals surface area contributed by atoms with Crippen LogP contribution >= 0.6 is 0 Å². The maximum atomic E-state index is 12.0. The molecule has 0 saturated carbocycles. The van der Waals surface area contributed by atoms with Crippen LogP contribution in [0.25, 0.3) is 11.3 Å². The number of hydrogen-bond acceptors (Lipinski definition) is 4. The van der Waals surface area contributed by atoms with E-state index in [1.54, 1.807) is 25.8 Å². The lowest BCUT2D eigenvalue weighted by Crippen LogP contribution is -2.49. The molecule has 1 aromatic heterocycles. The second-order valence-corrected chi connectivity index (χ2v) is 6.10. The molecule has 0 aliphatic heterocycles. The van der Waals surface area contributed by atoms with Crippen molar-refractivity contribution >= 4 is 5.91 Å². The molecule has 118 valence electrons. The number of carbonyl (C=O) groups excluding carboxylic acids is 1. The summed E-state index contributed by atoms with van der Waals surface area (Å²) in [4.78, 5) is 13.6. The Morgan fingerprint density at radius 2 is 2.00 bits per heavy atom. The van der Waals surface area contributed by atoms with Crippen LogP contribution in [0, 0.1) is 0 Å². The Kier molecular flexibility index (Phi) is 4.98. The quantitative estimate of drug-likeness (QED) is 0.889. The number of likely N-dealkylation sites (N-methyl/N-ethyl adjacent to an activating group) is 1. The van der Waals surface area contributed by atoms with Crippen molar-refractivity contribution in [3.05, 3.63) is 42.2 Å². The maximum absolute atomic E-state index is 12.0. The van der Waals surface area contributed by atoms with Crippen molar-refractivity contribution in [1.29, 1.82) is 0 Å². The van der Waals surface area contributed by atoms with Crippen molar-refractivity contribution in [2.24, 2.45) is 5.73 Å². The van der Waals surface area contributed by atoms with Gasteiger partial charge in [-0.1, -0.05) is 35.5 Å². The zero-order valence-electron chi connectivity index (χ0n) is 13.4. The first-order chi connectivity index (χ1) is 10.4. The molecule has 1 amide bonds. The number of aryl methyl sites for hydroxylation is 1. The molecular weight excluding hydrogens is 278 g/mol. The van der Waals surface area contributed by atoms with Gasteiger partial charge in [0.25, 0.3) is 0 Å². The molecule has 5 heteroatoms. The predicted molar refractivity (Wildman–Crippen MR) is 86.2 cm³/mol. The fourth-order valence-electron chi connectivity index (χ4n) is 2.26. The molecule has 2 N–H and O–H groups in total. The Balaban J connectivity index is 1.86. The third-order valence-corrected chi connectivity index (χ3v) is 3.44. The van der Waals surface area contributed by atoms with Crippen molar-refractivity contribution in [1.82, 2.24) is 10.1 Å². The summed E-state index contributed by atoms with van der Waals surface area (Å²) >= 11 is 0. The number of aromatic nitrogens is 1. The van der Waals surface area contributed by atoms with E-state index in [2.05, 4.69) is 5.16 Å². The molecule has 0 fully saturated rings. The van der Waals surface area contributed by atoms with Gasteiger partial charge in [-0.25, -0.2) is 0 Å². The fraction of sp³-hybridized carbons (Fsp3) is 0.412. The Hall–Kier alpha value is -2.14. The molecule has 2 rings (SSSR count). The number of amides is 1. The molecule has 22 heavy (non-hydrogen) atoms. The van der Waals surface area contributed by atoms with E-state index in [1.165, 1.54) is 0 Å².